The van der Waals surface area contributed by atoms with Crippen molar-refractivity contribution in [1.82, 2.24) is 10.2 Å². The molecule has 1 unspecified atom stereocenters. The Morgan fingerprint density at radius 2 is 1.90 bits per heavy atom. The lowest BCUT2D eigenvalue weighted by Gasteiger charge is -2.31. The molecule has 0 radical (unpaired) electrons. The van der Waals surface area contributed by atoms with Crippen molar-refractivity contribution in [2.45, 2.75) is 64.3 Å². The molecule has 1 atom stereocenters. The predicted molar refractivity (Wildman–Crippen MR) is 78.7 cm³/mol. The van der Waals surface area contributed by atoms with Gasteiger partial charge in [0.1, 0.15) is 0 Å². The maximum Gasteiger partial charge on any atom is 0.317 e. The summed E-state index contributed by atoms with van der Waals surface area (Å²) in [5, 5.41) is 11.6. The van der Waals surface area contributed by atoms with Gasteiger partial charge in [-0.1, -0.05) is 26.2 Å². The van der Waals surface area contributed by atoms with Gasteiger partial charge in [-0.3, -0.25) is 4.79 Å². The second kappa shape index (κ2) is 8.82. The number of carbonyl (C=O) groups is 2. The van der Waals surface area contributed by atoms with Crippen LogP contribution in [0.1, 0.15) is 58.3 Å². The summed E-state index contributed by atoms with van der Waals surface area (Å²) < 4.78 is 0. The van der Waals surface area contributed by atoms with Crippen molar-refractivity contribution in [1.29, 1.82) is 0 Å². The standard InChI is InChI=1S/C15H28N2O3/c1-12(8-9-14(18)19)10-11-16-15(20)17(2)13-6-4-3-5-7-13/h12-13H,3-11H2,1-2H3,(H,16,20)(H,18,19). The van der Waals surface area contributed by atoms with Crippen molar-refractivity contribution < 1.29 is 14.7 Å². The number of urea groups is 1. The average Bonchev–Trinajstić information content (AvgIpc) is 2.45. The summed E-state index contributed by atoms with van der Waals surface area (Å²) >= 11 is 0. The molecule has 116 valence electrons. The summed E-state index contributed by atoms with van der Waals surface area (Å²) in [6.45, 7) is 2.65. The molecule has 0 aromatic carbocycles. The number of nitrogens with one attached hydrogen (secondary N) is 1. The van der Waals surface area contributed by atoms with Crippen molar-refractivity contribution in [3.8, 4) is 0 Å². The second-order valence-corrected chi connectivity index (χ2v) is 5.96. The first-order chi connectivity index (χ1) is 9.50. The molecule has 1 aliphatic carbocycles. The molecule has 0 saturated heterocycles. The van der Waals surface area contributed by atoms with E-state index in [1.54, 1.807) is 0 Å². The van der Waals surface area contributed by atoms with Crippen LogP contribution in [0.25, 0.3) is 0 Å². The highest BCUT2D eigenvalue weighted by Crippen LogP contribution is 2.21. The van der Waals surface area contributed by atoms with Gasteiger partial charge in [-0.05, 0) is 31.6 Å². The normalized spacial score (nSPS) is 17.5. The molecular formula is C15H28N2O3. The van der Waals surface area contributed by atoms with Crippen LogP contribution in [0, 0.1) is 5.92 Å². The quantitative estimate of drug-likeness (QED) is 0.755. The Morgan fingerprint density at radius 1 is 1.25 bits per heavy atom. The Hall–Kier alpha value is -1.26. The van der Waals surface area contributed by atoms with Crippen LogP contribution in [0.15, 0.2) is 0 Å². The maximum absolute atomic E-state index is 12.0. The van der Waals surface area contributed by atoms with Crippen molar-refractivity contribution in [3.63, 3.8) is 0 Å². The molecule has 2 amide bonds. The van der Waals surface area contributed by atoms with Gasteiger partial charge in [0.2, 0.25) is 0 Å². The molecule has 5 nitrogen and oxygen atoms in total. The molecule has 0 aromatic rings. The Bertz CT molecular complexity index is 314. The van der Waals surface area contributed by atoms with Gasteiger partial charge in [0.15, 0.2) is 0 Å². The third kappa shape index (κ3) is 6.26. The number of carboxylic acid groups (broad SMARTS) is 1. The van der Waals surface area contributed by atoms with Crippen LogP contribution in [-0.2, 0) is 4.79 Å². The van der Waals surface area contributed by atoms with E-state index < -0.39 is 5.97 Å². The fraction of sp³-hybridized carbons (Fsp3) is 0.867. The molecule has 0 spiro atoms. The van der Waals surface area contributed by atoms with Gasteiger partial charge in [-0.15, -0.1) is 0 Å². The highest BCUT2D eigenvalue weighted by Gasteiger charge is 2.21. The van der Waals surface area contributed by atoms with E-state index in [1.165, 1.54) is 19.3 Å². The highest BCUT2D eigenvalue weighted by atomic mass is 16.4. The topological polar surface area (TPSA) is 69.6 Å². The van der Waals surface area contributed by atoms with Crippen molar-refractivity contribution >= 4 is 12.0 Å². The van der Waals surface area contributed by atoms with E-state index in [2.05, 4.69) is 5.32 Å². The third-order valence-corrected chi connectivity index (χ3v) is 4.21. The smallest absolute Gasteiger partial charge is 0.317 e. The number of carbonyl (C=O) groups excluding carboxylic acids is 1. The van der Waals surface area contributed by atoms with Gasteiger partial charge in [-0.25, -0.2) is 4.79 Å². The predicted octanol–water partition coefficient (Wildman–Crippen LogP) is 2.85. The highest BCUT2D eigenvalue weighted by molar-refractivity contribution is 5.74. The minimum absolute atomic E-state index is 0.00216. The molecule has 20 heavy (non-hydrogen) atoms. The summed E-state index contributed by atoms with van der Waals surface area (Å²) in [4.78, 5) is 24.3. The summed E-state index contributed by atoms with van der Waals surface area (Å²) in [5.74, 6) is -0.427. The van der Waals surface area contributed by atoms with Crippen LogP contribution in [0.4, 0.5) is 4.79 Å². The van der Waals surface area contributed by atoms with E-state index in [0.29, 0.717) is 24.9 Å². The second-order valence-electron chi connectivity index (χ2n) is 5.96. The fourth-order valence-corrected chi connectivity index (χ4v) is 2.70. The van der Waals surface area contributed by atoms with Gasteiger partial charge >= 0.3 is 12.0 Å². The Balaban J connectivity index is 2.16. The van der Waals surface area contributed by atoms with Gasteiger partial charge in [-0.2, -0.15) is 0 Å². The van der Waals surface area contributed by atoms with E-state index in [9.17, 15) is 9.59 Å². The van der Waals surface area contributed by atoms with Gasteiger partial charge in [0.25, 0.3) is 0 Å². The lowest BCUT2D eigenvalue weighted by atomic mass is 9.95. The summed E-state index contributed by atoms with van der Waals surface area (Å²) in [6, 6.07) is 0.385. The molecular weight excluding hydrogens is 256 g/mol. The van der Waals surface area contributed by atoms with Gasteiger partial charge in [0.05, 0.1) is 0 Å². The van der Waals surface area contributed by atoms with Crippen molar-refractivity contribution in [2.75, 3.05) is 13.6 Å². The zero-order chi connectivity index (χ0) is 15.0. The maximum atomic E-state index is 12.0. The van der Waals surface area contributed by atoms with E-state index in [0.717, 1.165) is 19.3 Å². The van der Waals surface area contributed by atoms with E-state index in [1.807, 2.05) is 18.9 Å². The summed E-state index contributed by atoms with van der Waals surface area (Å²) in [6.07, 6.45) is 7.65. The van der Waals surface area contributed by atoms with Gasteiger partial charge in [0, 0.05) is 26.1 Å². The molecule has 1 fully saturated rings. The number of hydrogen-bond donors (Lipinski definition) is 2. The zero-order valence-corrected chi connectivity index (χ0v) is 12.7. The fourth-order valence-electron chi connectivity index (χ4n) is 2.70. The molecule has 1 rings (SSSR count). The van der Waals surface area contributed by atoms with Crippen LogP contribution in [0.5, 0.6) is 0 Å². The average molecular weight is 284 g/mol. The van der Waals surface area contributed by atoms with E-state index >= 15 is 0 Å². The number of aliphatic carboxylic acids is 1. The molecule has 1 saturated carbocycles. The van der Waals surface area contributed by atoms with Crippen molar-refractivity contribution in [3.05, 3.63) is 0 Å². The first kappa shape index (κ1) is 16.8. The third-order valence-electron chi connectivity index (χ3n) is 4.21. The summed E-state index contributed by atoms with van der Waals surface area (Å²) in [5.41, 5.74) is 0. The number of rotatable bonds is 7. The largest absolute Gasteiger partial charge is 0.481 e. The van der Waals surface area contributed by atoms with Crippen LogP contribution in [0.2, 0.25) is 0 Å². The molecule has 2 N–H and O–H groups in total. The van der Waals surface area contributed by atoms with Gasteiger partial charge < -0.3 is 15.3 Å². The minimum atomic E-state index is -0.752. The van der Waals surface area contributed by atoms with Crippen LogP contribution in [-0.4, -0.2) is 41.6 Å². The number of hydrogen-bond acceptors (Lipinski definition) is 2. The minimum Gasteiger partial charge on any atom is -0.481 e. The Kier molecular flexibility index (Phi) is 7.41. The molecule has 0 heterocycles. The van der Waals surface area contributed by atoms with E-state index in [-0.39, 0.29) is 12.5 Å². The number of carboxylic acids is 1. The zero-order valence-electron chi connectivity index (χ0n) is 12.7. The first-order valence-corrected chi connectivity index (χ1v) is 7.73. The molecule has 1 aliphatic rings. The Labute approximate surface area is 121 Å². The number of nitrogens with zero attached hydrogens (tertiary/aromatic N) is 1. The molecule has 0 aromatic heterocycles. The molecule has 0 aliphatic heterocycles. The van der Waals surface area contributed by atoms with Crippen LogP contribution in [0.3, 0.4) is 0 Å². The van der Waals surface area contributed by atoms with Crippen LogP contribution >= 0.6 is 0 Å². The lowest BCUT2D eigenvalue weighted by Crippen LogP contribution is -2.44. The monoisotopic (exact) mass is 284 g/mol. The SMILES string of the molecule is CC(CCNC(=O)N(C)C1CCCCC1)CCC(=O)O. The van der Waals surface area contributed by atoms with Crippen molar-refractivity contribution in [2.24, 2.45) is 5.92 Å². The molecule has 5 heteroatoms. The number of amides is 2. The van der Waals surface area contributed by atoms with Crippen LogP contribution < -0.4 is 5.32 Å². The molecule has 0 bridgehead atoms. The lowest BCUT2D eigenvalue weighted by molar-refractivity contribution is -0.137. The Morgan fingerprint density at radius 3 is 2.50 bits per heavy atom. The first-order valence-electron chi connectivity index (χ1n) is 7.73. The van der Waals surface area contributed by atoms with E-state index in [4.69, 9.17) is 5.11 Å². The summed E-state index contributed by atoms with van der Waals surface area (Å²) in [7, 11) is 1.87.